The van der Waals surface area contributed by atoms with E-state index in [1.807, 2.05) is 0 Å². The Balaban J connectivity index is 2.55. The standard InChI is InChI=1S/C16H17F2NO2/c1-9-4-7-12(17)14(15(9)18)16(19)11-6-5-10(20-2)8-13(11)21-3/h4-8,16H,19H2,1-3H3. The summed E-state index contributed by atoms with van der Waals surface area (Å²) in [5.74, 6) is -0.320. The molecular formula is C16H17F2NO2. The van der Waals surface area contributed by atoms with Gasteiger partial charge in [0.25, 0.3) is 0 Å². The number of nitrogens with two attached hydrogens (primary N) is 1. The minimum Gasteiger partial charge on any atom is -0.497 e. The van der Waals surface area contributed by atoms with Gasteiger partial charge >= 0.3 is 0 Å². The SMILES string of the molecule is COc1ccc(C(N)c2c(F)ccc(C)c2F)c(OC)c1. The van der Waals surface area contributed by atoms with Crippen molar-refractivity contribution in [2.45, 2.75) is 13.0 Å². The molecule has 0 saturated heterocycles. The highest BCUT2D eigenvalue weighted by Gasteiger charge is 2.22. The van der Waals surface area contributed by atoms with Crippen LogP contribution in [0.2, 0.25) is 0 Å². The Morgan fingerprint density at radius 1 is 1.05 bits per heavy atom. The highest BCUT2D eigenvalue weighted by Crippen LogP contribution is 2.34. The van der Waals surface area contributed by atoms with Gasteiger partial charge < -0.3 is 15.2 Å². The van der Waals surface area contributed by atoms with Gasteiger partial charge in [0.2, 0.25) is 0 Å². The van der Waals surface area contributed by atoms with E-state index in [0.29, 0.717) is 22.6 Å². The number of hydrogen-bond acceptors (Lipinski definition) is 3. The molecule has 0 bridgehead atoms. The molecule has 0 heterocycles. The van der Waals surface area contributed by atoms with Gasteiger partial charge in [-0.05, 0) is 30.7 Å². The first kappa shape index (κ1) is 15.3. The molecule has 0 aliphatic heterocycles. The number of methoxy groups -OCH3 is 2. The fraction of sp³-hybridized carbons (Fsp3) is 0.250. The zero-order chi connectivity index (χ0) is 15.6. The molecule has 21 heavy (non-hydrogen) atoms. The van der Waals surface area contributed by atoms with Crippen LogP contribution < -0.4 is 15.2 Å². The van der Waals surface area contributed by atoms with Crippen LogP contribution in [-0.2, 0) is 0 Å². The van der Waals surface area contributed by atoms with Gasteiger partial charge in [0, 0.05) is 17.2 Å². The van der Waals surface area contributed by atoms with Gasteiger partial charge in [-0.1, -0.05) is 6.07 Å². The summed E-state index contributed by atoms with van der Waals surface area (Å²) >= 11 is 0. The van der Waals surface area contributed by atoms with Crippen molar-refractivity contribution in [3.05, 3.63) is 58.7 Å². The second-order valence-electron chi connectivity index (χ2n) is 4.68. The van der Waals surface area contributed by atoms with Gasteiger partial charge in [-0.15, -0.1) is 0 Å². The van der Waals surface area contributed by atoms with Crippen LogP contribution >= 0.6 is 0 Å². The van der Waals surface area contributed by atoms with Crippen LogP contribution in [0.3, 0.4) is 0 Å². The molecule has 2 N–H and O–H groups in total. The molecule has 0 fully saturated rings. The molecule has 0 aromatic heterocycles. The number of rotatable bonds is 4. The van der Waals surface area contributed by atoms with Crippen LogP contribution in [0, 0.1) is 18.6 Å². The largest absolute Gasteiger partial charge is 0.497 e. The Kier molecular flexibility index (Phi) is 4.43. The van der Waals surface area contributed by atoms with Gasteiger partial charge in [0.15, 0.2) is 0 Å². The first-order valence-electron chi connectivity index (χ1n) is 6.41. The van der Waals surface area contributed by atoms with Crippen molar-refractivity contribution < 1.29 is 18.3 Å². The first-order chi connectivity index (χ1) is 9.99. The molecule has 112 valence electrons. The van der Waals surface area contributed by atoms with E-state index in [1.54, 1.807) is 25.1 Å². The predicted octanol–water partition coefficient (Wildman–Crippen LogP) is 3.34. The zero-order valence-corrected chi connectivity index (χ0v) is 12.1. The topological polar surface area (TPSA) is 44.5 Å². The van der Waals surface area contributed by atoms with E-state index in [2.05, 4.69) is 0 Å². The van der Waals surface area contributed by atoms with Crippen molar-refractivity contribution in [2.24, 2.45) is 5.73 Å². The molecule has 3 nitrogen and oxygen atoms in total. The molecular weight excluding hydrogens is 276 g/mol. The van der Waals surface area contributed by atoms with E-state index in [1.165, 1.54) is 26.4 Å². The van der Waals surface area contributed by atoms with Gasteiger partial charge in [-0.2, -0.15) is 0 Å². The average molecular weight is 293 g/mol. The monoisotopic (exact) mass is 293 g/mol. The summed E-state index contributed by atoms with van der Waals surface area (Å²) in [5.41, 5.74) is 6.72. The lowest BCUT2D eigenvalue weighted by Gasteiger charge is -2.18. The molecule has 1 atom stereocenters. The lowest BCUT2D eigenvalue weighted by molar-refractivity contribution is 0.389. The highest BCUT2D eigenvalue weighted by atomic mass is 19.1. The van der Waals surface area contributed by atoms with Crippen LogP contribution in [0.15, 0.2) is 30.3 Å². The number of ether oxygens (including phenoxy) is 2. The third-order valence-electron chi connectivity index (χ3n) is 3.41. The van der Waals surface area contributed by atoms with Gasteiger partial charge in [-0.3, -0.25) is 0 Å². The van der Waals surface area contributed by atoms with Crippen molar-refractivity contribution in [3.8, 4) is 11.5 Å². The van der Waals surface area contributed by atoms with E-state index < -0.39 is 17.7 Å². The van der Waals surface area contributed by atoms with Crippen molar-refractivity contribution in [2.75, 3.05) is 14.2 Å². The molecule has 0 radical (unpaired) electrons. The summed E-state index contributed by atoms with van der Waals surface area (Å²) in [6.45, 7) is 1.57. The number of halogens is 2. The Hall–Kier alpha value is -2.14. The Bertz CT molecular complexity index is 659. The van der Waals surface area contributed by atoms with Crippen molar-refractivity contribution >= 4 is 0 Å². The minimum atomic E-state index is -0.967. The number of hydrogen-bond donors (Lipinski definition) is 1. The molecule has 5 heteroatoms. The molecule has 1 unspecified atom stereocenters. The Labute approximate surface area is 122 Å². The maximum Gasteiger partial charge on any atom is 0.134 e. The fourth-order valence-electron chi connectivity index (χ4n) is 2.19. The number of aryl methyl sites for hydroxylation is 1. The molecule has 2 aromatic rings. The van der Waals surface area contributed by atoms with Crippen LogP contribution in [-0.4, -0.2) is 14.2 Å². The Morgan fingerprint density at radius 3 is 2.38 bits per heavy atom. The predicted molar refractivity (Wildman–Crippen MR) is 76.7 cm³/mol. The number of benzene rings is 2. The van der Waals surface area contributed by atoms with Crippen LogP contribution in [0.4, 0.5) is 8.78 Å². The summed E-state index contributed by atoms with van der Waals surface area (Å²) in [7, 11) is 2.99. The third-order valence-corrected chi connectivity index (χ3v) is 3.41. The van der Waals surface area contributed by atoms with Crippen LogP contribution in [0.1, 0.15) is 22.7 Å². The summed E-state index contributed by atoms with van der Waals surface area (Å²) in [6, 6.07) is 6.56. The van der Waals surface area contributed by atoms with E-state index >= 15 is 0 Å². The van der Waals surface area contributed by atoms with E-state index in [-0.39, 0.29) is 5.56 Å². The lowest BCUT2D eigenvalue weighted by atomic mass is 9.96. The van der Waals surface area contributed by atoms with Gasteiger partial charge in [0.05, 0.1) is 20.3 Å². The molecule has 0 amide bonds. The van der Waals surface area contributed by atoms with Gasteiger partial charge in [0.1, 0.15) is 23.1 Å². The molecule has 0 saturated carbocycles. The molecule has 2 aromatic carbocycles. The van der Waals surface area contributed by atoms with E-state index in [0.717, 1.165) is 0 Å². The Morgan fingerprint density at radius 2 is 1.76 bits per heavy atom. The van der Waals surface area contributed by atoms with E-state index in [4.69, 9.17) is 15.2 Å². The minimum absolute atomic E-state index is 0.168. The van der Waals surface area contributed by atoms with Crippen LogP contribution in [0.5, 0.6) is 11.5 Å². The summed E-state index contributed by atoms with van der Waals surface area (Å²) in [5, 5.41) is 0. The maximum atomic E-state index is 14.2. The summed E-state index contributed by atoms with van der Waals surface area (Å²) in [6.07, 6.45) is 0. The highest BCUT2D eigenvalue weighted by molar-refractivity contribution is 5.46. The molecule has 2 rings (SSSR count). The molecule has 0 aliphatic rings. The summed E-state index contributed by atoms with van der Waals surface area (Å²) < 4.78 is 38.5. The van der Waals surface area contributed by atoms with Crippen LogP contribution in [0.25, 0.3) is 0 Å². The van der Waals surface area contributed by atoms with Crippen molar-refractivity contribution in [1.29, 1.82) is 0 Å². The normalized spacial score (nSPS) is 12.1. The lowest BCUT2D eigenvalue weighted by Crippen LogP contribution is -2.17. The third kappa shape index (κ3) is 2.83. The zero-order valence-electron chi connectivity index (χ0n) is 12.1. The van der Waals surface area contributed by atoms with Crippen molar-refractivity contribution in [1.82, 2.24) is 0 Å². The average Bonchev–Trinajstić information content (AvgIpc) is 2.50. The molecule has 0 spiro atoms. The van der Waals surface area contributed by atoms with Gasteiger partial charge in [-0.25, -0.2) is 8.78 Å². The summed E-state index contributed by atoms with van der Waals surface area (Å²) in [4.78, 5) is 0. The smallest absolute Gasteiger partial charge is 0.134 e. The second kappa shape index (κ2) is 6.10. The quantitative estimate of drug-likeness (QED) is 0.940. The fourth-order valence-corrected chi connectivity index (χ4v) is 2.19. The molecule has 0 aliphatic carbocycles. The first-order valence-corrected chi connectivity index (χ1v) is 6.41. The second-order valence-corrected chi connectivity index (χ2v) is 4.68. The maximum absolute atomic E-state index is 14.2. The van der Waals surface area contributed by atoms with E-state index in [9.17, 15) is 8.78 Å². The van der Waals surface area contributed by atoms with Crippen molar-refractivity contribution in [3.63, 3.8) is 0 Å².